The van der Waals surface area contributed by atoms with Crippen LogP contribution in [-0.2, 0) is 10.3 Å². The number of hydrogen-bond acceptors (Lipinski definition) is 6. The molecule has 3 heterocycles. The monoisotopic (exact) mass is 431 g/mol. The Bertz CT molecular complexity index is 973. The van der Waals surface area contributed by atoms with E-state index in [0.29, 0.717) is 30.0 Å². The second kappa shape index (κ2) is 8.11. The standard InChI is InChI=1S/C20H22FN5O3S/c1-26-19(22)25-20(11-29-8-7-17(20)30-26)14-9-12(3-5-15(14)21)24-18(27)16-6-4-13(28-2)10-23-16/h3-6,9-10,17H,7-8,11H2,1-2H3,(H2,22,25)(H,24,27)/t17?,20-/m1/s1. The van der Waals surface area contributed by atoms with Gasteiger partial charge in [-0.05, 0) is 48.7 Å². The minimum absolute atomic E-state index is 0.0194. The van der Waals surface area contributed by atoms with Crippen molar-refractivity contribution < 1.29 is 18.7 Å². The SMILES string of the molecule is COc1ccc(C(=O)Nc2ccc(F)c([C@]34COCCC3SN(C)C(=N)N4)c2)nc1. The van der Waals surface area contributed by atoms with Crippen molar-refractivity contribution >= 4 is 29.5 Å². The number of nitrogens with zero attached hydrogens (tertiary/aromatic N) is 2. The van der Waals surface area contributed by atoms with E-state index in [2.05, 4.69) is 15.6 Å². The number of nitrogens with one attached hydrogen (secondary N) is 3. The lowest BCUT2D eigenvalue weighted by atomic mass is 9.83. The number of aromatic nitrogens is 1. The highest BCUT2D eigenvalue weighted by molar-refractivity contribution is 7.98. The molecule has 30 heavy (non-hydrogen) atoms. The Morgan fingerprint density at radius 2 is 2.30 bits per heavy atom. The topological polar surface area (TPSA) is 99.6 Å². The number of fused-ring (bicyclic) bond motifs is 1. The van der Waals surface area contributed by atoms with Gasteiger partial charge in [0.25, 0.3) is 5.91 Å². The van der Waals surface area contributed by atoms with E-state index in [1.165, 1.54) is 37.4 Å². The van der Waals surface area contributed by atoms with Crippen LogP contribution in [0.4, 0.5) is 10.1 Å². The average Bonchev–Trinajstić information content (AvgIpc) is 2.76. The molecule has 2 aliphatic heterocycles. The molecule has 2 aliphatic rings. The lowest BCUT2D eigenvalue weighted by Gasteiger charge is -2.50. The summed E-state index contributed by atoms with van der Waals surface area (Å²) in [5.74, 6) is -0.108. The summed E-state index contributed by atoms with van der Waals surface area (Å²) in [5.41, 5.74) is 0.117. The van der Waals surface area contributed by atoms with Crippen LogP contribution < -0.4 is 15.4 Å². The predicted molar refractivity (Wildman–Crippen MR) is 112 cm³/mol. The molecule has 2 saturated heterocycles. The van der Waals surface area contributed by atoms with Crippen molar-refractivity contribution in [2.45, 2.75) is 17.2 Å². The molecule has 0 spiro atoms. The van der Waals surface area contributed by atoms with E-state index in [9.17, 15) is 9.18 Å². The van der Waals surface area contributed by atoms with E-state index in [1.807, 2.05) is 0 Å². The van der Waals surface area contributed by atoms with Crippen molar-refractivity contribution in [3.05, 3.63) is 53.6 Å². The molecule has 1 unspecified atom stereocenters. The highest BCUT2D eigenvalue weighted by Gasteiger charge is 2.50. The highest BCUT2D eigenvalue weighted by Crippen LogP contribution is 2.43. The van der Waals surface area contributed by atoms with Crippen LogP contribution in [0.2, 0.25) is 0 Å². The van der Waals surface area contributed by atoms with Crippen LogP contribution in [0.1, 0.15) is 22.5 Å². The Morgan fingerprint density at radius 3 is 3.03 bits per heavy atom. The van der Waals surface area contributed by atoms with Crippen LogP contribution in [0.5, 0.6) is 5.75 Å². The third-order valence-corrected chi connectivity index (χ3v) is 6.65. The summed E-state index contributed by atoms with van der Waals surface area (Å²) in [6, 6.07) is 7.62. The van der Waals surface area contributed by atoms with Gasteiger partial charge >= 0.3 is 0 Å². The fraction of sp³-hybridized carbons (Fsp3) is 0.350. The molecule has 2 atom stereocenters. The van der Waals surface area contributed by atoms with Gasteiger partial charge in [0.05, 0.1) is 25.2 Å². The molecule has 8 nitrogen and oxygen atoms in total. The zero-order chi connectivity index (χ0) is 21.3. The minimum Gasteiger partial charge on any atom is -0.495 e. The van der Waals surface area contributed by atoms with Crippen molar-refractivity contribution in [1.29, 1.82) is 5.41 Å². The van der Waals surface area contributed by atoms with Crippen molar-refractivity contribution in [3.8, 4) is 5.75 Å². The van der Waals surface area contributed by atoms with Gasteiger partial charge in [-0.2, -0.15) is 0 Å². The summed E-state index contributed by atoms with van der Waals surface area (Å²) >= 11 is 1.49. The second-order valence-electron chi connectivity index (χ2n) is 7.11. The molecule has 1 amide bonds. The molecule has 3 N–H and O–H groups in total. The zero-order valence-corrected chi connectivity index (χ0v) is 17.4. The maximum Gasteiger partial charge on any atom is 0.274 e. The highest BCUT2D eigenvalue weighted by atomic mass is 32.2. The number of pyridine rings is 1. The molecule has 10 heteroatoms. The van der Waals surface area contributed by atoms with Gasteiger partial charge in [0.15, 0.2) is 0 Å². The van der Waals surface area contributed by atoms with Gasteiger partial charge in [0, 0.05) is 24.9 Å². The number of carbonyl (C=O) groups excluding carboxylic acids is 1. The molecule has 0 aliphatic carbocycles. The van der Waals surface area contributed by atoms with Crippen molar-refractivity contribution in [3.63, 3.8) is 0 Å². The Labute approximate surface area is 177 Å². The molecule has 1 aromatic heterocycles. The first-order chi connectivity index (χ1) is 14.4. The number of hydrogen-bond donors (Lipinski definition) is 3. The summed E-state index contributed by atoms with van der Waals surface area (Å²) < 4.78 is 27.4. The Hall–Kier alpha value is -2.85. The molecular formula is C20H22FN5O3S. The van der Waals surface area contributed by atoms with Crippen molar-refractivity contribution in [2.75, 3.05) is 32.7 Å². The number of methoxy groups -OCH3 is 1. The molecule has 0 radical (unpaired) electrons. The third kappa shape index (κ3) is 3.68. The number of ether oxygens (including phenoxy) is 2. The molecule has 2 aromatic rings. The fourth-order valence-corrected chi connectivity index (χ4v) is 4.82. The average molecular weight is 431 g/mol. The second-order valence-corrected chi connectivity index (χ2v) is 8.44. The van der Waals surface area contributed by atoms with Crippen LogP contribution in [0, 0.1) is 11.2 Å². The molecule has 4 rings (SSSR count). The number of rotatable bonds is 4. The van der Waals surface area contributed by atoms with Gasteiger partial charge < -0.3 is 20.1 Å². The fourth-order valence-electron chi connectivity index (χ4n) is 3.65. The van der Waals surface area contributed by atoms with Gasteiger partial charge in [-0.3, -0.25) is 14.5 Å². The zero-order valence-electron chi connectivity index (χ0n) is 16.6. The molecule has 1 aromatic carbocycles. The summed E-state index contributed by atoms with van der Waals surface area (Å²) in [5, 5.41) is 14.1. The number of guanidine groups is 1. The third-order valence-electron chi connectivity index (χ3n) is 5.26. The number of halogens is 1. The minimum atomic E-state index is -0.893. The number of anilines is 1. The molecule has 158 valence electrons. The normalized spacial score (nSPS) is 23.4. The lowest BCUT2D eigenvalue weighted by molar-refractivity contribution is 0.0269. The van der Waals surface area contributed by atoms with Gasteiger partial charge in [0.1, 0.15) is 22.8 Å². The number of amides is 1. The maximum absolute atomic E-state index is 15.0. The van der Waals surface area contributed by atoms with Crippen LogP contribution in [0.25, 0.3) is 0 Å². The first kappa shape index (κ1) is 20.4. The Balaban J connectivity index is 1.64. The van der Waals surface area contributed by atoms with E-state index in [0.717, 1.165) is 0 Å². The first-order valence-electron chi connectivity index (χ1n) is 9.39. The Kier molecular flexibility index (Phi) is 5.52. The quantitative estimate of drug-likeness (QED) is 0.640. The van der Waals surface area contributed by atoms with Crippen LogP contribution in [-0.4, -0.2) is 53.8 Å². The van der Waals surface area contributed by atoms with E-state index >= 15 is 0 Å². The van der Waals surface area contributed by atoms with Crippen molar-refractivity contribution in [2.24, 2.45) is 0 Å². The van der Waals surface area contributed by atoms with Crippen LogP contribution >= 0.6 is 11.9 Å². The smallest absolute Gasteiger partial charge is 0.274 e. The predicted octanol–water partition coefficient (Wildman–Crippen LogP) is 2.58. The number of benzene rings is 1. The van der Waals surface area contributed by atoms with E-state index in [-0.39, 0.29) is 23.5 Å². The number of carbonyl (C=O) groups is 1. The van der Waals surface area contributed by atoms with Gasteiger partial charge in [-0.25, -0.2) is 9.37 Å². The van der Waals surface area contributed by atoms with E-state index in [1.54, 1.807) is 29.6 Å². The molecule has 0 bridgehead atoms. The van der Waals surface area contributed by atoms with Gasteiger partial charge in [-0.15, -0.1) is 0 Å². The summed E-state index contributed by atoms with van der Waals surface area (Å²) in [4.78, 5) is 16.6. The Morgan fingerprint density at radius 1 is 1.47 bits per heavy atom. The van der Waals surface area contributed by atoms with Gasteiger partial charge in [-0.1, -0.05) is 0 Å². The largest absolute Gasteiger partial charge is 0.495 e. The van der Waals surface area contributed by atoms with Gasteiger partial charge in [0.2, 0.25) is 5.96 Å². The summed E-state index contributed by atoms with van der Waals surface area (Å²) in [7, 11) is 3.32. The lowest BCUT2D eigenvalue weighted by Crippen LogP contribution is -2.64. The molecule has 2 fully saturated rings. The van der Waals surface area contributed by atoms with E-state index < -0.39 is 17.3 Å². The summed E-state index contributed by atoms with van der Waals surface area (Å²) in [6.07, 6.45) is 2.17. The maximum atomic E-state index is 15.0. The first-order valence-corrected chi connectivity index (χ1v) is 10.2. The van der Waals surface area contributed by atoms with E-state index in [4.69, 9.17) is 14.9 Å². The molecular weight excluding hydrogens is 409 g/mol. The van der Waals surface area contributed by atoms with Crippen molar-refractivity contribution in [1.82, 2.24) is 14.6 Å². The molecule has 0 saturated carbocycles. The summed E-state index contributed by atoms with van der Waals surface area (Å²) in [6.45, 7) is 0.804. The van der Waals surface area contributed by atoms with Crippen LogP contribution in [0.3, 0.4) is 0 Å². The van der Waals surface area contributed by atoms with Crippen LogP contribution in [0.15, 0.2) is 36.5 Å².